The van der Waals surface area contributed by atoms with E-state index < -0.39 is 17.7 Å². The zero-order valence-corrected chi connectivity index (χ0v) is 14.3. The van der Waals surface area contributed by atoms with E-state index in [9.17, 15) is 14.4 Å². The fourth-order valence-corrected chi connectivity index (χ4v) is 2.51. The topological polar surface area (TPSA) is 60.4 Å². The number of carbonyl (C=O) groups excluding carboxylic acids is 3. The summed E-state index contributed by atoms with van der Waals surface area (Å²) in [7, 11) is 1.12. The Morgan fingerprint density at radius 2 is 1.42 bits per heavy atom. The minimum Gasteiger partial charge on any atom is -0.463 e. The van der Waals surface area contributed by atoms with Gasteiger partial charge in [-0.3, -0.25) is 9.59 Å². The van der Waals surface area contributed by atoms with E-state index in [4.69, 9.17) is 23.2 Å². The third kappa shape index (κ3) is 4.43. The van der Waals surface area contributed by atoms with E-state index in [1.54, 1.807) is 48.5 Å². The summed E-state index contributed by atoms with van der Waals surface area (Å²) >= 11 is 11.7. The number of benzene rings is 2. The van der Waals surface area contributed by atoms with Gasteiger partial charge in [0.2, 0.25) is 5.78 Å². The van der Waals surface area contributed by atoms with Crippen molar-refractivity contribution in [2.75, 3.05) is 7.11 Å². The lowest BCUT2D eigenvalue weighted by Gasteiger charge is -2.15. The SMILES string of the molecule is COC(=O)C(=O)CC(C(=O)c1ccc(Cl)cc1)c1ccc(Cl)cc1. The number of rotatable bonds is 6. The monoisotopic (exact) mass is 364 g/mol. The van der Waals surface area contributed by atoms with Gasteiger partial charge in [-0.1, -0.05) is 35.3 Å². The van der Waals surface area contributed by atoms with Crippen molar-refractivity contribution in [1.29, 1.82) is 0 Å². The van der Waals surface area contributed by atoms with Crippen LogP contribution < -0.4 is 0 Å². The van der Waals surface area contributed by atoms with Gasteiger partial charge in [0.05, 0.1) is 13.0 Å². The summed E-state index contributed by atoms with van der Waals surface area (Å²) in [4.78, 5) is 36.2. The number of Topliss-reactive ketones (excluding diaryl/α,β-unsaturated/α-hetero) is 2. The molecule has 0 saturated carbocycles. The van der Waals surface area contributed by atoms with E-state index in [2.05, 4.69) is 4.74 Å². The Balaban J connectivity index is 2.36. The fourth-order valence-electron chi connectivity index (χ4n) is 2.25. The maximum atomic E-state index is 12.8. The lowest BCUT2D eigenvalue weighted by molar-refractivity contribution is -0.151. The van der Waals surface area contributed by atoms with Gasteiger partial charge >= 0.3 is 5.97 Å². The van der Waals surface area contributed by atoms with Gasteiger partial charge in [0, 0.05) is 22.0 Å². The molecule has 0 N–H and O–H groups in total. The van der Waals surface area contributed by atoms with Crippen molar-refractivity contribution < 1.29 is 19.1 Å². The van der Waals surface area contributed by atoms with Gasteiger partial charge < -0.3 is 4.74 Å². The summed E-state index contributed by atoms with van der Waals surface area (Å²) in [5.41, 5.74) is 0.994. The van der Waals surface area contributed by atoms with Crippen LogP contribution in [-0.2, 0) is 14.3 Å². The number of esters is 1. The number of halogens is 2. The molecule has 0 amide bonds. The molecule has 0 bridgehead atoms. The summed E-state index contributed by atoms with van der Waals surface area (Å²) in [5.74, 6) is -2.83. The number of carbonyl (C=O) groups is 3. The highest BCUT2D eigenvalue weighted by Crippen LogP contribution is 2.27. The maximum Gasteiger partial charge on any atom is 0.374 e. The van der Waals surface area contributed by atoms with Crippen LogP contribution in [0.5, 0.6) is 0 Å². The second-order valence-corrected chi connectivity index (χ2v) is 5.97. The van der Waals surface area contributed by atoms with Gasteiger partial charge in [0.1, 0.15) is 0 Å². The molecule has 0 radical (unpaired) electrons. The largest absolute Gasteiger partial charge is 0.463 e. The second kappa shape index (κ2) is 8.08. The Morgan fingerprint density at radius 3 is 1.92 bits per heavy atom. The van der Waals surface area contributed by atoms with E-state index >= 15 is 0 Å². The van der Waals surface area contributed by atoms with E-state index in [1.165, 1.54) is 0 Å². The van der Waals surface area contributed by atoms with E-state index in [0.717, 1.165) is 7.11 Å². The van der Waals surface area contributed by atoms with Crippen molar-refractivity contribution in [3.8, 4) is 0 Å². The third-order valence-electron chi connectivity index (χ3n) is 3.52. The number of hydrogen-bond donors (Lipinski definition) is 0. The quantitative estimate of drug-likeness (QED) is 0.440. The summed E-state index contributed by atoms with van der Waals surface area (Å²) in [5, 5.41) is 1.01. The Morgan fingerprint density at radius 1 is 0.917 bits per heavy atom. The van der Waals surface area contributed by atoms with Crippen LogP contribution in [0.2, 0.25) is 10.0 Å². The Hall–Kier alpha value is -2.17. The molecule has 0 aliphatic carbocycles. The molecule has 0 heterocycles. The molecule has 0 saturated heterocycles. The summed E-state index contributed by atoms with van der Waals surface area (Å²) in [6, 6.07) is 12.9. The standard InChI is InChI=1S/C18H14Cl2O4/c1-24-18(23)16(21)10-15(11-2-6-13(19)7-3-11)17(22)12-4-8-14(20)9-5-12/h2-9,15H,10H2,1H3. The number of methoxy groups -OCH3 is 1. The van der Waals surface area contributed by atoms with Crippen molar-refractivity contribution >= 4 is 40.7 Å². The molecule has 2 rings (SSSR count). The molecule has 2 aromatic carbocycles. The predicted octanol–water partition coefficient (Wildman–Crippen LogP) is 4.09. The molecular weight excluding hydrogens is 351 g/mol. The Labute approximate surface area is 149 Å². The number of ether oxygens (including phenoxy) is 1. The molecule has 24 heavy (non-hydrogen) atoms. The first-order valence-electron chi connectivity index (χ1n) is 7.08. The highest BCUT2D eigenvalue weighted by Gasteiger charge is 2.28. The first-order chi connectivity index (χ1) is 11.4. The zero-order chi connectivity index (χ0) is 17.7. The molecule has 0 aliphatic rings. The molecule has 1 atom stereocenters. The molecule has 0 fully saturated rings. The van der Waals surface area contributed by atoms with Crippen LogP contribution >= 0.6 is 23.2 Å². The molecule has 0 aromatic heterocycles. The smallest absolute Gasteiger partial charge is 0.374 e. The van der Waals surface area contributed by atoms with Crippen LogP contribution in [-0.4, -0.2) is 24.6 Å². The van der Waals surface area contributed by atoms with E-state index in [0.29, 0.717) is 21.2 Å². The molecule has 6 heteroatoms. The van der Waals surface area contributed by atoms with Crippen molar-refractivity contribution in [3.63, 3.8) is 0 Å². The van der Waals surface area contributed by atoms with Gasteiger partial charge in [-0.25, -0.2) is 4.79 Å². The molecule has 124 valence electrons. The maximum absolute atomic E-state index is 12.8. The lowest BCUT2D eigenvalue weighted by atomic mass is 9.86. The van der Waals surface area contributed by atoms with Crippen LogP contribution in [0.3, 0.4) is 0 Å². The second-order valence-electron chi connectivity index (χ2n) is 5.09. The molecule has 2 aromatic rings. The summed E-state index contributed by atoms with van der Waals surface area (Å²) in [6.45, 7) is 0. The number of ketones is 2. The van der Waals surface area contributed by atoms with Gasteiger partial charge in [0.15, 0.2) is 5.78 Å². The van der Waals surface area contributed by atoms with E-state index in [1.807, 2.05) is 0 Å². The van der Waals surface area contributed by atoms with Crippen molar-refractivity contribution in [2.24, 2.45) is 0 Å². The Bertz CT molecular complexity index is 752. The minimum absolute atomic E-state index is 0.282. The molecule has 4 nitrogen and oxygen atoms in total. The van der Waals surface area contributed by atoms with Crippen molar-refractivity contribution in [3.05, 3.63) is 69.7 Å². The lowest BCUT2D eigenvalue weighted by Crippen LogP contribution is -2.23. The van der Waals surface area contributed by atoms with Gasteiger partial charge in [-0.05, 0) is 42.0 Å². The normalized spacial score (nSPS) is 11.6. The average molecular weight is 365 g/mol. The Kier molecular flexibility index (Phi) is 6.12. The fraction of sp³-hybridized carbons (Fsp3) is 0.167. The predicted molar refractivity (Wildman–Crippen MR) is 91.6 cm³/mol. The van der Waals surface area contributed by atoms with Gasteiger partial charge in [-0.15, -0.1) is 0 Å². The van der Waals surface area contributed by atoms with Gasteiger partial charge in [-0.2, -0.15) is 0 Å². The average Bonchev–Trinajstić information content (AvgIpc) is 2.59. The summed E-state index contributed by atoms with van der Waals surface area (Å²) < 4.78 is 4.43. The minimum atomic E-state index is -0.974. The summed E-state index contributed by atoms with van der Waals surface area (Å²) in [6.07, 6.45) is -0.282. The first kappa shape index (κ1) is 18.2. The van der Waals surface area contributed by atoms with Crippen LogP contribution in [0.1, 0.15) is 28.3 Å². The van der Waals surface area contributed by atoms with Gasteiger partial charge in [0.25, 0.3) is 0 Å². The molecule has 0 aliphatic heterocycles. The molecular formula is C18H14Cl2O4. The highest BCUT2D eigenvalue weighted by molar-refractivity contribution is 6.34. The third-order valence-corrected chi connectivity index (χ3v) is 4.02. The van der Waals surface area contributed by atoms with Crippen LogP contribution in [0.25, 0.3) is 0 Å². The van der Waals surface area contributed by atoms with Crippen molar-refractivity contribution in [2.45, 2.75) is 12.3 Å². The molecule has 1 unspecified atom stereocenters. The van der Waals surface area contributed by atoms with Crippen LogP contribution in [0.4, 0.5) is 0 Å². The van der Waals surface area contributed by atoms with Crippen molar-refractivity contribution in [1.82, 2.24) is 0 Å². The van der Waals surface area contributed by atoms with E-state index in [-0.39, 0.29) is 12.2 Å². The number of hydrogen-bond acceptors (Lipinski definition) is 4. The van der Waals surface area contributed by atoms with Crippen LogP contribution in [0.15, 0.2) is 48.5 Å². The highest BCUT2D eigenvalue weighted by atomic mass is 35.5. The zero-order valence-electron chi connectivity index (χ0n) is 12.8. The first-order valence-corrected chi connectivity index (χ1v) is 7.84. The molecule has 0 spiro atoms. The van der Waals surface area contributed by atoms with Crippen LogP contribution in [0, 0.1) is 0 Å².